The maximum absolute atomic E-state index is 13.0. The number of carbonyl (C=O) groups excluding carboxylic acids is 2. The lowest BCUT2D eigenvalue weighted by Crippen LogP contribution is -2.39. The van der Waals surface area contributed by atoms with Crippen LogP contribution in [-0.4, -0.2) is 38.2 Å². The summed E-state index contributed by atoms with van der Waals surface area (Å²) in [5.41, 5.74) is 1.30. The first-order chi connectivity index (χ1) is 13.0. The van der Waals surface area contributed by atoms with Gasteiger partial charge in [0.2, 0.25) is 0 Å². The number of nitrogens with zero attached hydrogens (tertiary/aromatic N) is 2. The standard InChI is InChI=1S/C20H14N2O4S/c23-19-14-7-1-2-8-15(14)20(24)21(19)11-12-22-16-9-3-5-13-6-4-10-17(18(13)16)27(22,25)26/h1-10H,11-12H2. The van der Waals surface area contributed by atoms with Crippen molar-refractivity contribution in [2.45, 2.75) is 4.90 Å². The Balaban J connectivity index is 1.49. The number of rotatable bonds is 3. The van der Waals surface area contributed by atoms with E-state index in [1.165, 1.54) is 4.31 Å². The summed E-state index contributed by atoms with van der Waals surface area (Å²) in [6.07, 6.45) is 0. The van der Waals surface area contributed by atoms with E-state index in [9.17, 15) is 18.0 Å². The molecule has 2 aliphatic rings. The lowest BCUT2D eigenvalue weighted by Gasteiger charge is -2.22. The molecule has 0 spiro atoms. The summed E-state index contributed by atoms with van der Waals surface area (Å²) in [6.45, 7) is 0.0115. The molecule has 0 aromatic heterocycles. The summed E-state index contributed by atoms with van der Waals surface area (Å²) in [6, 6.07) is 17.2. The molecule has 0 saturated carbocycles. The van der Waals surface area contributed by atoms with Crippen LogP contribution in [0.25, 0.3) is 10.8 Å². The van der Waals surface area contributed by atoms with E-state index in [2.05, 4.69) is 0 Å². The predicted octanol–water partition coefficient (Wildman–Crippen LogP) is 2.64. The van der Waals surface area contributed by atoms with Gasteiger partial charge in [0.15, 0.2) is 0 Å². The Hall–Kier alpha value is -3.19. The lowest BCUT2D eigenvalue weighted by molar-refractivity contribution is 0.0659. The van der Waals surface area contributed by atoms with Crippen LogP contribution in [0, 0.1) is 0 Å². The number of sulfonamides is 1. The highest BCUT2D eigenvalue weighted by Gasteiger charge is 2.39. The molecule has 2 amide bonds. The van der Waals surface area contributed by atoms with Crippen LogP contribution in [0.4, 0.5) is 5.69 Å². The van der Waals surface area contributed by atoms with E-state index < -0.39 is 10.0 Å². The Kier molecular flexibility index (Phi) is 3.21. The predicted molar refractivity (Wildman–Crippen MR) is 100 cm³/mol. The Morgan fingerprint density at radius 3 is 2.04 bits per heavy atom. The number of hydrogen-bond donors (Lipinski definition) is 0. The molecule has 27 heavy (non-hydrogen) atoms. The molecular formula is C20H14N2O4S. The first kappa shape index (κ1) is 16.0. The molecule has 0 unspecified atom stereocenters. The van der Waals surface area contributed by atoms with Crippen molar-refractivity contribution in [2.75, 3.05) is 17.4 Å². The first-order valence-corrected chi connectivity index (χ1v) is 9.94. The van der Waals surface area contributed by atoms with Crippen LogP contribution >= 0.6 is 0 Å². The minimum atomic E-state index is -3.71. The van der Waals surface area contributed by atoms with Crippen molar-refractivity contribution in [1.29, 1.82) is 0 Å². The molecule has 0 atom stereocenters. The summed E-state index contributed by atoms with van der Waals surface area (Å²) < 4.78 is 27.3. The van der Waals surface area contributed by atoms with E-state index in [0.29, 0.717) is 22.2 Å². The summed E-state index contributed by atoms with van der Waals surface area (Å²) in [5.74, 6) is -0.772. The highest BCUT2D eigenvalue weighted by Crippen LogP contribution is 2.41. The quantitative estimate of drug-likeness (QED) is 0.657. The van der Waals surface area contributed by atoms with Gasteiger partial charge in [-0.2, -0.15) is 0 Å². The van der Waals surface area contributed by atoms with Gasteiger partial charge in [-0.05, 0) is 29.7 Å². The van der Waals surface area contributed by atoms with Crippen LogP contribution < -0.4 is 4.31 Å². The van der Waals surface area contributed by atoms with Crippen LogP contribution in [0.2, 0.25) is 0 Å². The van der Waals surface area contributed by atoms with Crippen LogP contribution in [-0.2, 0) is 10.0 Å². The topological polar surface area (TPSA) is 74.8 Å². The monoisotopic (exact) mass is 378 g/mol. The van der Waals surface area contributed by atoms with Crippen molar-refractivity contribution in [3.63, 3.8) is 0 Å². The molecule has 3 aromatic rings. The second-order valence-electron chi connectivity index (χ2n) is 6.52. The van der Waals surface area contributed by atoms with E-state index in [4.69, 9.17) is 0 Å². The van der Waals surface area contributed by atoms with Crippen molar-refractivity contribution >= 4 is 38.3 Å². The van der Waals surface area contributed by atoms with Crippen molar-refractivity contribution in [3.05, 3.63) is 71.8 Å². The average Bonchev–Trinajstić information content (AvgIpc) is 3.05. The highest BCUT2D eigenvalue weighted by atomic mass is 32.2. The molecule has 0 saturated heterocycles. The number of carbonyl (C=O) groups is 2. The van der Waals surface area contributed by atoms with E-state index in [1.807, 2.05) is 12.1 Å². The van der Waals surface area contributed by atoms with Crippen molar-refractivity contribution in [3.8, 4) is 0 Å². The third-order valence-corrected chi connectivity index (χ3v) is 6.94. The molecule has 0 N–H and O–H groups in total. The van der Waals surface area contributed by atoms with Crippen molar-refractivity contribution < 1.29 is 18.0 Å². The molecule has 7 heteroatoms. The van der Waals surface area contributed by atoms with Gasteiger partial charge in [0, 0.05) is 11.9 Å². The van der Waals surface area contributed by atoms with Gasteiger partial charge in [-0.15, -0.1) is 0 Å². The van der Waals surface area contributed by atoms with Gasteiger partial charge < -0.3 is 0 Å². The number of amides is 2. The Morgan fingerprint density at radius 2 is 1.37 bits per heavy atom. The molecule has 134 valence electrons. The van der Waals surface area contributed by atoms with Gasteiger partial charge in [0.1, 0.15) is 0 Å². The number of fused-ring (bicyclic) bond motifs is 1. The zero-order valence-electron chi connectivity index (χ0n) is 14.1. The molecule has 0 fully saturated rings. The molecule has 0 radical (unpaired) electrons. The zero-order chi connectivity index (χ0) is 18.8. The molecule has 5 rings (SSSR count). The van der Waals surface area contributed by atoms with Crippen LogP contribution in [0.5, 0.6) is 0 Å². The first-order valence-electron chi connectivity index (χ1n) is 8.50. The fourth-order valence-corrected chi connectivity index (χ4v) is 5.53. The lowest BCUT2D eigenvalue weighted by atomic mass is 10.1. The van der Waals surface area contributed by atoms with E-state index in [-0.39, 0.29) is 29.8 Å². The number of anilines is 1. The van der Waals surface area contributed by atoms with Crippen molar-refractivity contribution in [1.82, 2.24) is 4.90 Å². The van der Waals surface area contributed by atoms with Crippen LogP contribution in [0.15, 0.2) is 65.6 Å². The zero-order valence-corrected chi connectivity index (χ0v) is 14.9. The van der Waals surface area contributed by atoms with Crippen molar-refractivity contribution in [2.24, 2.45) is 0 Å². The summed E-state index contributed by atoms with van der Waals surface area (Å²) >= 11 is 0. The average molecular weight is 378 g/mol. The smallest absolute Gasteiger partial charge is 0.265 e. The minimum Gasteiger partial charge on any atom is -0.273 e. The van der Waals surface area contributed by atoms with Gasteiger partial charge in [-0.1, -0.05) is 36.4 Å². The number of benzene rings is 3. The Labute approximate surface area is 155 Å². The highest BCUT2D eigenvalue weighted by molar-refractivity contribution is 7.93. The van der Waals surface area contributed by atoms with Gasteiger partial charge in [0.05, 0.1) is 28.3 Å². The van der Waals surface area contributed by atoms with Crippen LogP contribution in [0.1, 0.15) is 20.7 Å². The fourth-order valence-electron chi connectivity index (χ4n) is 3.83. The third kappa shape index (κ3) is 2.09. The molecule has 6 nitrogen and oxygen atoms in total. The van der Waals surface area contributed by atoms with Gasteiger partial charge in [-0.3, -0.25) is 18.8 Å². The van der Waals surface area contributed by atoms with Gasteiger partial charge in [0.25, 0.3) is 21.8 Å². The second-order valence-corrected chi connectivity index (χ2v) is 8.35. The maximum atomic E-state index is 13.0. The molecule has 3 aromatic carbocycles. The molecular weight excluding hydrogens is 364 g/mol. The Bertz CT molecular complexity index is 1210. The maximum Gasteiger partial charge on any atom is 0.265 e. The summed E-state index contributed by atoms with van der Waals surface area (Å²) in [4.78, 5) is 26.4. The molecule has 2 heterocycles. The third-order valence-electron chi connectivity index (χ3n) is 5.09. The van der Waals surface area contributed by atoms with Crippen LogP contribution in [0.3, 0.4) is 0 Å². The molecule has 0 bridgehead atoms. The summed E-state index contributed by atoms with van der Waals surface area (Å²) in [5, 5.41) is 1.53. The SMILES string of the molecule is O=C1c2ccccc2C(=O)N1CCN1c2cccc3cccc(c23)S1(=O)=O. The largest absolute Gasteiger partial charge is 0.273 e. The molecule has 2 aliphatic heterocycles. The van der Waals surface area contributed by atoms with E-state index in [0.717, 1.165) is 10.3 Å². The fraction of sp³-hybridized carbons (Fsp3) is 0.100. The van der Waals surface area contributed by atoms with E-state index in [1.54, 1.807) is 48.5 Å². The minimum absolute atomic E-state index is 0.00402. The number of hydrogen-bond acceptors (Lipinski definition) is 4. The molecule has 0 aliphatic carbocycles. The van der Waals surface area contributed by atoms with Gasteiger partial charge >= 0.3 is 0 Å². The number of imide groups is 1. The second kappa shape index (κ2) is 5.40. The normalized spacial score (nSPS) is 17.0. The Morgan fingerprint density at radius 1 is 0.741 bits per heavy atom. The summed E-state index contributed by atoms with van der Waals surface area (Å²) in [7, 11) is -3.71. The van der Waals surface area contributed by atoms with E-state index >= 15 is 0 Å². The van der Waals surface area contributed by atoms with Gasteiger partial charge in [-0.25, -0.2) is 8.42 Å².